The number of hydrogen-bond acceptors (Lipinski definition) is 2. The lowest BCUT2D eigenvalue weighted by molar-refractivity contribution is 0.666. The van der Waals surface area contributed by atoms with Crippen molar-refractivity contribution in [2.24, 2.45) is 0 Å². The van der Waals surface area contributed by atoms with Crippen LogP contribution in [0.1, 0.15) is 25.0 Å². The third-order valence-electron chi connectivity index (χ3n) is 12.6. The van der Waals surface area contributed by atoms with Crippen molar-refractivity contribution in [2.45, 2.75) is 19.3 Å². The largest absolute Gasteiger partial charge is 0.308 e. The summed E-state index contributed by atoms with van der Waals surface area (Å²) >= 11 is 0. The van der Waals surface area contributed by atoms with Gasteiger partial charge >= 0.3 is 0 Å². The molecule has 0 N–H and O–H groups in total. The second-order valence-electron chi connectivity index (χ2n) is 15.7. The van der Waals surface area contributed by atoms with Crippen molar-refractivity contribution in [3.63, 3.8) is 0 Å². The van der Waals surface area contributed by atoms with Crippen LogP contribution in [0.5, 0.6) is 0 Å². The van der Waals surface area contributed by atoms with Gasteiger partial charge in [-0.25, -0.2) is 9.97 Å². The summed E-state index contributed by atoms with van der Waals surface area (Å²) < 4.78 is 4.93. The number of nitrogens with zero attached hydrogens (tertiary/aromatic N) is 4. The zero-order valence-electron chi connectivity index (χ0n) is 30.3. The van der Waals surface area contributed by atoms with Gasteiger partial charge in [0.25, 0.3) is 0 Å². The van der Waals surface area contributed by atoms with Gasteiger partial charge in [-0.05, 0) is 63.4 Å². The van der Waals surface area contributed by atoms with Gasteiger partial charge in [-0.15, -0.1) is 0 Å². The number of benzene rings is 8. The molecule has 0 bridgehead atoms. The van der Waals surface area contributed by atoms with E-state index in [4.69, 9.17) is 9.97 Å². The van der Waals surface area contributed by atoms with Gasteiger partial charge in [-0.1, -0.05) is 141 Å². The fourth-order valence-corrected chi connectivity index (χ4v) is 10.4. The van der Waals surface area contributed by atoms with Gasteiger partial charge in [-0.3, -0.25) is 4.57 Å². The van der Waals surface area contributed by atoms with Crippen LogP contribution in [0.4, 0.5) is 0 Å². The predicted molar refractivity (Wildman–Crippen MR) is 229 cm³/mol. The van der Waals surface area contributed by atoms with Gasteiger partial charge in [0.1, 0.15) is 5.69 Å². The molecule has 0 saturated carbocycles. The maximum atomic E-state index is 5.54. The summed E-state index contributed by atoms with van der Waals surface area (Å²) in [5.74, 6) is 0.831. The van der Waals surface area contributed by atoms with E-state index in [1.165, 1.54) is 71.1 Å². The molecule has 55 heavy (non-hydrogen) atoms. The molecule has 12 aromatic rings. The molecule has 4 heterocycles. The minimum Gasteiger partial charge on any atom is -0.308 e. The van der Waals surface area contributed by atoms with Crippen LogP contribution in [0.15, 0.2) is 158 Å². The summed E-state index contributed by atoms with van der Waals surface area (Å²) in [6.07, 6.45) is 0. The second kappa shape index (κ2) is 10.1. The van der Waals surface area contributed by atoms with Crippen LogP contribution in [0.3, 0.4) is 0 Å². The monoisotopic (exact) mass is 700 g/mol. The van der Waals surface area contributed by atoms with Gasteiger partial charge in [0.05, 0.1) is 38.6 Å². The maximum Gasteiger partial charge on any atom is 0.165 e. The molecule has 4 nitrogen and oxygen atoms in total. The highest BCUT2D eigenvalue weighted by Gasteiger charge is 2.38. The first kappa shape index (κ1) is 29.4. The Morgan fingerprint density at radius 2 is 1.16 bits per heavy atom. The molecule has 0 atom stereocenters. The lowest BCUT2D eigenvalue weighted by Crippen LogP contribution is -2.15. The van der Waals surface area contributed by atoms with Gasteiger partial charge in [0.2, 0.25) is 0 Å². The van der Waals surface area contributed by atoms with Crippen molar-refractivity contribution in [1.29, 1.82) is 0 Å². The molecule has 0 aliphatic heterocycles. The van der Waals surface area contributed by atoms with Crippen LogP contribution in [-0.2, 0) is 5.41 Å². The maximum absolute atomic E-state index is 5.54. The Kier molecular flexibility index (Phi) is 5.42. The molecule has 1 aliphatic carbocycles. The topological polar surface area (TPSA) is 35.1 Å². The van der Waals surface area contributed by atoms with E-state index in [0.29, 0.717) is 0 Å². The Hall–Kier alpha value is -7.04. The van der Waals surface area contributed by atoms with Crippen molar-refractivity contribution in [3.8, 4) is 28.2 Å². The lowest BCUT2D eigenvalue weighted by Gasteiger charge is -2.22. The van der Waals surface area contributed by atoms with E-state index in [0.717, 1.165) is 49.9 Å². The summed E-state index contributed by atoms with van der Waals surface area (Å²) in [6, 6.07) is 57.5. The average molecular weight is 701 g/mol. The van der Waals surface area contributed by atoms with Gasteiger partial charge in [0, 0.05) is 43.3 Å². The SMILES string of the molecule is CC1(C)c2ccccc2-c2ccc3c(c21)c1cccc2c4cccc5c4c4c(cccc4n3c21)n5-c1nc2ccc3ccccc3c2nc1-c1ccccc1. The van der Waals surface area contributed by atoms with Gasteiger partial charge < -0.3 is 4.40 Å². The van der Waals surface area contributed by atoms with E-state index in [1.54, 1.807) is 0 Å². The number of rotatable bonds is 2. The summed E-state index contributed by atoms with van der Waals surface area (Å²) in [4.78, 5) is 11.0. The molecule has 8 aromatic carbocycles. The van der Waals surface area contributed by atoms with Crippen molar-refractivity contribution in [1.82, 2.24) is 18.9 Å². The first-order valence-electron chi connectivity index (χ1n) is 19.1. The van der Waals surface area contributed by atoms with Crippen LogP contribution >= 0.6 is 0 Å². The molecule has 4 aromatic heterocycles. The van der Waals surface area contributed by atoms with Gasteiger partial charge in [-0.2, -0.15) is 0 Å². The molecule has 0 amide bonds. The zero-order valence-corrected chi connectivity index (χ0v) is 30.3. The van der Waals surface area contributed by atoms with Crippen molar-refractivity contribution in [3.05, 3.63) is 169 Å². The molecule has 4 heteroatoms. The molecule has 0 fully saturated rings. The quantitative estimate of drug-likeness (QED) is 0.168. The van der Waals surface area contributed by atoms with E-state index in [-0.39, 0.29) is 5.41 Å². The minimum atomic E-state index is -0.140. The first-order valence-corrected chi connectivity index (χ1v) is 19.1. The third-order valence-corrected chi connectivity index (χ3v) is 12.6. The second-order valence-corrected chi connectivity index (χ2v) is 15.7. The van der Waals surface area contributed by atoms with E-state index >= 15 is 0 Å². The minimum absolute atomic E-state index is 0.140. The Bertz CT molecular complexity index is 3620. The first-order chi connectivity index (χ1) is 27.1. The summed E-state index contributed by atoms with van der Waals surface area (Å²) in [5, 5.41) is 9.87. The lowest BCUT2D eigenvalue weighted by atomic mass is 9.80. The Balaban J connectivity index is 1.22. The Labute approximate surface area is 315 Å². The molecule has 0 radical (unpaired) electrons. The molecule has 0 saturated heterocycles. The van der Waals surface area contributed by atoms with Gasteiger partial charge in [0.15, 0.2) is 5.82 Å². The van der Waals surface area contributed by atoms with Crippen molar-refractivity contribution in [2.75, 3.05) is 0 Å². The Morgan fingerprint density at radius 3 is 2.07 bits per heavy atom. The molecule has 0 unspecified atom stereocenters. The third kappa shape index (κ3) is 3.57. The smallest absolute Gasteiger partial charge is 0.165 e. The highest BCUT2D eigenvalue weighted by atomic mass is 15.1. The number of fused-ring (bicyclic) bond motifs is 12. The predicted octanol–water partition coefficient (Wildman–Crippen LogP) is 13.0. The van der Waals surface area contributed by atoms with Crippen molar-refractivity contribution < 1.29 is 0 Å². The fraction of sp³-hybridized carbons (Fsp3) is 0.0588. The highest BCUT2D eigenvalue weighted by Crippen LogP contribution is 2.54. The number of hydrogen-bond donors (Lipinski definition) is 0. The molecule has 256 valence electrons. The fourth-order valence-electron chi connectivity index (χ4n) is 10.4. The normalized spacial score (nSPS) is 13.8. The van der Waals surface area contributed by atoms with E-state index < -0.39 is 0 Å². The van der Waals surface area contributed by atoms with Crippen LogP contribution in [0.2, 0.25) is 0 Å². The van der Waals surface area contributed by atoms with E-state index in [9.17, 15) is 0 Å². The number of para-hydroxylation sites is 1. The van der Waals surface area contributed by atoms with Crippen LogP contribution in [0.25, 0.3) is 110 Å². The van der Waals surface area contributed by atoms with Crippen LogP contribution in [-0.4, -0.2) is 18.9 Å². The summed E-state index contributed by atoms with van der Waals surface area (Å²) in [5.41, 5.74) is 15.0. The van der Waals surface area contributed by atoms with Crippen LogP contribution < -0.4 is 0 Å². The standard InChI is InChI=1S/C51H32N4/c1-51(2)37-21-9-8-17-32(37)34-26-28-42-44(46(34)51)36-20-10-19-35-33-18-11-22-39-43(33)45-40(54(42)49(35)36)23-12-24-41(45)55(39)50-47(30-14-4-3-5-15-30)53-48-31-16-7-6-13-29(31)25-27-38(48)52-50/h3-28H,1-2H3. The average Bonchev–Trinajstić information content (AvgIpc) is 3.80. The van der Waals surface area contributed by atoms with E-state index in [2.05, 4.69) is 181 Å². The van der Waals surface area contributed by atoms with Crippen molar-refractivity contribution >= 4 is 81.7 Å². The molecular weight excluding hydrogens is 669 g/mol. The zero-order chi connectivity index (χ0) is 36.2. The van der Waals surface area contributed by atoms with Crippen LogP contribution in [0, 0.1) is 0 Å². The molecular formula is C51H32N4. The molecule has 1 aliphatic rings. The summed E-state index contributed by atoms with van der Waals surface area (Å²) in [7, 11) is 0. The number of aromatic nitrogens is 4. The molecule has 0 spiro atoms. The Morgan fingerprint density at radius 1 is 0.473 bits per heavy atom. The van der Waals surface area contributed by atoms with E-state index in [1.807, 2.05) is 0 Å². The molecule has 13 rings (SSSR count). The summed E-state index contributed by atoms with van der Waals surface area (Å²) in [6.45, 7) is 4.79. The highest BCUT2D eigenvalue weighted by molar-refractivity contribution is 6.32.